The number of fused-ring (bicyclic) bond motifs is 3. The van der Waals surface area contributed by atoms with Crippen LogP contribution in [0.2, 0.25) is 0 Å². The van der Waals surface area contributed by atoms with Gasteiger partial charge in [-0.05, 0) is 85.6 Å². The number of aromatic amines is 1. The molecule has 2 aliphatic heterocycles. The van der Waals surface area contributed by atoms with Crippen LogP contribution in [0.3, 0.4) is 0 Å². The van der Waals surface area contributed by atoms with Gasteiger partial charge in [0.15, 0.2) is 5.82 Å². The molecule has 39 heavy (non-hydrogen) atoms. The van der Waals surface area contributed by atoms with Crippen LogP contribution >= 0.6 is 0 Å². The second kappa shape index (κ2) is 8.61. The van der Waals surface area contributed by atoms with Gasteiger partial charge < -0.3 is 30.0 Å². The first-order chi connectivity index (χ1) is 18.9. The maximum absolute atomic E-state index is 11.0. The number of nitrogens with zero attached hydrogens (tertiary/aromatic N) is 2. The molecule has 202 valence electrons. The van der Waals surface area contributed by atoms with Crippen molar-refractivity contribution in [2.24, 2.45) is 0 Å². The standard InChI is InChI=1S/C30H33N5O4/c1-35(2)29(15-39-16-29)18-6-9-24(26(12-18)38-4)31-27-20-8-5-17(11-25(20)33-34-27)22-14-30(22)21-13-19(37-3)7-10-23(21)32-28(30)36/h5-13,22,28,32,36H,14-16H2,1-4H3,(H2,31,33,34)/t22-,28?,30-/m0/s1. The molecule has 4 N–H and O–H groups in total. The Morgan fingerprint density at radius 2 is 1.90 bits per heavy atom. The fourth-order valence-corrected chi connectivity index (χ4v) is 6.42. The number of H-pyrrole nitrogens is 1. The van der Waals surface area contributed by atoms with Gasteiger partial charge in [0.2, 0.25) is 0 Å². The highest BCUT2D eigenvalue weighted by Crippen LogP contribution is 2.67. The Hall–Kier alpha value is -3.79. The number of hydrogen-bond donors (Lipinski definition) is 4. The van der Waals surface area contributed by atoms with Crippen molar-refractivity contribution in [3.63, 3.8) is 0 Å². The van der Waals surface area contributed by atoms with E-state index in [4.69, 9.17) is 14.2 Å². The summed E-state index contributed by atoms with van der Waals surface area (Å²) in [6, 6.07) is 18.6. The van der Waals surface area contributed by atoms with E-state index in [1.165, 1.54) is 11.1 Å². The molecule has 1 saturated carbocycles. The molecule has 9 heteroatoms. The fraction of sp³-hybridized carbons (Fsp3) is 0.367. The normalized spacial score (nSPS) is 24.4. The average Bonchev–Trinajstić information content (AvgIpc) is 3.46. The Morgan fingerprint density at radius 1 is 1.05 bits per heavy atom. The van der Waals surface area contributed by atoms with Crippen molar-refractivity contribution in [1.29, 1.82) is 0 Å². The predicted molar refractivity (Wildman–Crippen MR) is 150 cm³/mol. The van der Waals surface area contributed by atoms with Crippen molar-refractivity contribution in [3.8, 4) is 11.5 Å². The zero-order valence-corrected chi connectivity index (χ0v) is 22.5. The summed E-state index contributed by atoms with van der Waals surface area (Å²) in [5.74, 6) is 2.49. The van der Waals surface area contributed by atoms with E-state index in [0.717, 1.165) is 51.6 Å². The quantitative estimate of drug-likeness (QED) is 0.282. The first-order valence-electron chi connectivity index (χ1n) is 13.2. The highest BCUT2D eigenvalue weighted by atomic mass is 16.5. The molecule has 1 aromatic heterocycles. The van der Waals surface area contributed by atoms with Crippen LogP contribution in [0.4, 0.5) is 17.2 Å². The minimum Gasteiger partial charge on any atom is -0.497 e. The molecule has 7 rings (SSSR count). The minimum atomic E-state index is -0.632. The van der Waals surface area contributed by atoms with E-state index in [-0.39, 0.29) is 16.9 Å². The molecule has 1 unspecified atom stereocenters. The number of benzene rings is 3. The zero-order valence-electron chi connectivity index (χ0n) is 22.5. The highest BCUT2D eigenvalue weighted by molar-refractivity contribution is 5.92. The predicted octanol–water partition coefficient (Wildman–Crippen LogP) is 4.28. The van der Waals surface area contributed by atoms with E-state index in [1.54, 1.807) is 14.2 Å². The van der Waals surface area contributed by atoms with Crippen molar-refractivity contribution in [3.05, 3.63) is 71.3 Å². The second-order valence-corrected chi connectivity index (χ2v) is 11.1. The largest absolute Gasteiger partial charge is 0.497 e. The number of anilines is 3. The second-order valence-electron chi connectivity index (χ2n) is 11.1. The first kappa shape index (κ1) is 24.3. The summed E-state index contributed by atoms with van der Waals surface area (Å²) in [4.78, 5) is 2.21. The molecule has 1 spiro atoms. The topological polar surface area (TPSA) is 104 Å². The van der Waals surface area contributed by atoms with E-state index in [2.05, 4.69) is 70.2 Å². The van der Waals surface area contributed by atoms with Crippen LogP contribution in [0.15, 0.2) is 54.6 Å². The van der Waals surface area contributed by atoms with Crippen LogP contribution in [0.25, 0.3) is 10.9 Å². The number of aromatic nitrogens is 2. The third kappa shape index (κ3) is 3.46. The van der Waals surface area contributed by atoms with Crippen molar-refractivity contribution < 1.29 is 19.3 Å². The molecule has 4 aromatic rings. The van der Waals surface area contributed by atoms with Crippen molar-refractivity contribution in [2.45, 2.75) is 29.5 Å². The average molecular weight is 528 g/mol. The lowest BCUT2D eigenvalue weighted by atomic mass is 9.86. The summed E-state index contributed by atoms with van der Waals surface area (Å²) in [5, 5.41) is 26.5. The zero-order chi connectivity index (χ0) is 26.9. The van der Waals surface area contributed by atoms with Crippen molar-refractivity contribution >= 4 is 28.1 Å². The summed E-state index contributed by atoms with van der Waals surface area (Å²) in [5.41, 5.74) is 5.75. The first-order valence-corrected chi connectivity index (χ1v) is 13.2. The summed E-state index contributed by atoms with van der Waals surface area (Å²) in [7, 11) is 7.51. The molecule has 9 nitrogen and oxygen atoms in total. The molecular weight excluding hydrogens is 494 g/mol. The third-order valence-corrected chi connectivity index (χ3v) is 9.03. The highest BCUT2D eigenvalue weighted by Gasteiger charge is 2.64. The lowest BCUT2D eigenvalue weighted by Crippen LogP contribution is -2.56. The van der Waals surface area contributed by atoms with Gasteiger partial charge in [0.1, 0.15) is 17.7 Å². The van der Waals surface area contributed by atoms with Gasteiger partial charge in [-0.15, -0.1) is 0 Å². The van der Waals surface area contributed by atoms with Gasteiger partial charge in [0.25, 0.3) is 0 Å². The fourth-order valence-electron chi connectivity index (χ4n) is 6.42. The number of hydrogen-bond acceptors (Lipinski definition) is 8. The SMILES string of the molecule is COc1ccc2c(c1)[C@]1(C[C@H]1c1ccc3c(Nc4ccc(C5(N(C)C)COC5)cc4OC)n[nH]c3c1)C(O)N2. The summed E-state index contributed by atoms with van der Waals surface area (Å²) < 4.78 is 16.8. The molecule has 3 aliphatic rings. The maximum Gasteiger partial charge on any atom is 0.160 e. The molecular formula is C30H33N5O4. The number of aliphatic hydroxyl groups is 1. The number of rotatable bonds is 7. The molecule has 1 aliphatic carbocycles. The van der Waals surface area contributed by atoms with Gasteiger partial charge in [-0.2, -0.15) is 5.10 Å². The van der Waals surface area contributed by atoms with Gasteiger partial charge in [0, 0.05) is 16.5 Å². The lowest BCUT2D eigenvalue weighted by molar-refractivity contribution is -0.130. The van der Waals surface area contributed by atoms with Gasteiger partial charge >= 0.3 is 0 Å². The van der Waals surface area contributed by atoms with Crippen LogP contribution < -0.4 is 20.1 Å². The molecule has 1 saturated heterocycles. The number of aliphatic hydroxyl groups excluding tert-OH is 1. The van der Waals surface area contributed by atoms with E-state index >= 15 is 0 Å². The van der Waals surface area contributed by atoms with Crippen molar-refractivity contribution in [2.75, 3.05) is 52.2 Å². The number of nitrogens with one attached hydrogen (secondary N) is 3. The number of likely N-dealkylation sites (N-methyl/N-ethyl adjacent to an activating group) is 1. The van der Waals surface area contributed by atoms with Crippen LogP contribution in [0.1, 0.15) is 29.0 Å². The summed E-state index contributed by atoms with van der Waals surface area (Å²) in [6.07, 6.45) is 0.239. The Bertz CT molecular complexity index is 1580. The maximum atomic E-state index is 11.0. The Morgan fingerprint density at radius 3 is 2.62 bits per heavy atom. The lowest BCUT2D eigenvalue weighted by Gasteiger charge is -2.47. The van der Waals surface area contributed by atoms with E-state index < -0.39 is 6.23 Å². The number of methoxy groups -OCH3 is 2. The van der Waals surface area contributed by atoms with Crippen LogP contribution in [0.5, 0.6) is 11.5 Å². The smallest absolute Gasteiger partial charge is 0.160 e. The van der Waals surface area contributed by atoms with Crippen molar-refractivity contribution in [1.82, 2.24) is 15.1 Å². The van der Waals surface area contributed by atoms with Gasteiger partial charge in [-0.1, -0.05) is 12.1 Å². The van der Waals surface area contributed by atoms with Gasteiger partial charge in [0.05, 0.1) is 44.2 Å². The van der Waals surface area contributed by atoms with Gasteiger partial charge in [-0.3, -0.25) is 10.00 Å². The van der Waals surface area contributed by atoms with Crippen LogP contribution in [-0.2, 0) is 15.7 Å². The van der Waals surface area contributed by atoms with Crippen LogP contribution in [0, 0.1) is 0 Å². The molecule has 3 atom stereocenters. The molecule has 0 radical (unpaired) electrons. The molecule has 0 bridgehead atoms. The summed E-state index contributed by atoms with van der Waals surface area (Å²) >= 11 is 0. The number of ether oxygens (including phenoxy) is 3. The van der Waals surface area contributed by atoms with E-state index in [9.17, 15) is 5.11 Å². The monoisotopic (exact) mass is 527 g/mol. The Balaban J connectivity index is 1.16. The van der Waals surface area contributed by atoms with Gasteiger partial charge in [-0.25, -0.2) is 0 Å². The minimum absolute atomic E-state index is 0.129. The molecule has 2 fully saturated rings. The summed E-state index contributed by atoms with van der Waals surface area (Å²) in [6.45, 7) is 1.33. The molecule has 3 aromatic carbocycles. The van der Waals surface area contributed by atoms with E-state index in [0.29, 0.717) is 13.2 Å². The Kier molecular flexibility index (Phi) is 5.35. The van der Waals surface area contributed by atoms with E-state index in [1.807, 2.05) is 24.3 Å². The Labute approximate surface area is 227 Å². The molecule has 3 heterocycles. The molecule has 0 amide bonds. The third-order valence-electron chi connectivity index (χ3n) is 9.03. The van der Waals surface area contributed by atoms with Crippen LogP contribution in [-0.4, -0.2) is 68.0 Å².